The van der Waals surface area contributed by atoms with Gasteiger partial charge in [0.15, 0.2) is 0 Å². The molecular formula is C20H22O2. The summed E-state index contributed by atoms with van der Waals surface area (Å²) in [5, 5.41) is 4.46. The van der Waals surface area contributed by atoms with E-state index in [4.69, 9.17) is 9.47 Å². The molecule has 0 unspecified atom stereocenters. The van der Waals surface area contributed by atoms with Crippen LogP contribution < -0.4 is 9.47 Å². The molecule has 2 heteroatoms. The van der Waals surface area contributed by atoms with Crippen molar-refractivity contribution in [2.45, 2.75) is 26.7 Å². The van der Waals surface area contributed by atoms with Gasteiger partial charge < -0.3 is 9.47 Å². The Hall–Kier alpha value is -2.22. The van der Waals surface area contributed by atoms with Crippen molar-refractivity contribution >= 4 is 21.5 Å². The number of hydrogen-bond donors (Lipinski definition) is 0. The fourth-order valence-corrected chi connectivity index (χ4v) is 3.33. The summed E-state index contributed by atoms with van der Waals surface area (Å²) < 4.78 is 11.5. The summed E-state index contributed by atoms with van der Waals surface area (Å²) in [6.07, 6.45) is 2.05. The molecule has 114 valence electrons. The van der Waals surface area contributed by atoms with Crippen LogP contribution in [0.1, 0.15) is 25.0 Å². The van der Waals surface area contributed by atoms with Crippen molar-refractivity contribution in [1.82, 2.24) is 0 Å². The fraction of sp³-hybridized carbons (Fsp3) is 0.300. The van der Waals surface area contributed by atoms with Gasteiger partial charge in [-0.05, 0) is 36.1 Å². The highest BCUT2D eigenvalue weighted by atomic mass is 16.5. The fourth-order valence-electron chi connectivity index (χ4n) is 3.33. The van der Waals surface area contributed by atoms with E-state index in [1.807, 2.05) is 12.1 Å². The third-order valence-corrected chi connectivity index (χ3v) is 4.42. The van der Waals surface area contributed by atoms with Crippen LogP contribution in [0.3, 0.4) is 0 Å². The largest absolute Gasteiger partial charge is 0.495 e. The predicted octanol–water partition coefficient (Wildman–Crippen LogP) is 5.14. The molecule has 0 saturated carbocycles. The molecule has 0 atom stereocenters. The van der Waals surface area contributed by atoms with Crippen LogP contribution in [0.15, 0.2) is 36.4 Å². The molecule has 0 aliphatic carbocycles. The van der Waals surface area contributed by atoms with Crippen molar-refractivity contribution < 1.29 is 9.47 Å². The third-order valence-electron chi connectivity index (χ3n) is 4.42. The number of methoxy groups -OCH3 is 2. The van der Waals surface area contributed by atoms with Gasteiger partial charge in [0, 0.05) is 21.5 Å². The number of fused-ring (bicyclic) bond motifs is 2. The Labute approximate surface area is 131 Å². The lowest BCUT2D eigenvalue weighted by Crippen LogP contribution is -1.97. The van der Waals surface area contributed by atoms with Crippen LogP contribution in [0.5, 0.6) is 11.5 Å². The van der Waals surface area contributed by atoms with Gasteiger partial charge in [-0.15, -0.1) is 0 Å². The average Bonchev–Trinajstić information content (AvgIpc) is 2.58. The Balaban J connectivity index is 2.55. The quantitative estimate of drug-likeness (QED) is 0.621. The van der Waals surface area contributed by atoms with Crippen LogP contribution >= 0.6 is 0 Å². The number of hydrogen-bond acceptors (Lipinski definition) is 2. The van der Waals surface area contributed by atoms with Gasteiger partial charge in [0.1, 0.15) is 11.5 Å². The summed E-state index contributed by atoms with van der Waals surface area (Å²) in [7, 11) is 3.49. The molecule has 3 rings (SSSR count). The molecule has 0 N–H and O–H groups in total. The number of benzene rings is 3. The Kier molecular flexibility index (Phi) is 3.93. The summed E-state index contributed by atoms with van der Waals surface area (Å²) >= 11 is 0. The van der Waals surface area contributed by atoms with Crippen molar-refractivity contribution in [3.63, 3.8) is 0 Å². The molecular weight excluding hydrogens is 272 g/mol. The zero-order valence-electron chi connectivity index (χ0n) is 13.7. The van der Waals surface area contributed by atoms with Crippen LogP contribution in [0.4, 0.5) is 0 Å². The molecule has 0 aliphatic heterocycles. The highest BCUT2D eigenvalue weighted by Gasteiger charge is 2.16. The molecule has 0 saturated heterocycles. The first-order chi connectivity index (χ1) is 10.7. The van der Waals surface area contributed by atoms with Crippen molar-refractivity contribution in [1.29, 1.82) is 0 Å². The number of ether oxygens (including phenoxy) is 2. The minimum absolute atomic E-state index is 0.934. The van der Waals surface area contributed by atoms with Crippen molar-refractivity contribution in [3.8, 4) is 11.5 Å². The van der Waals surface area contributed by atoms with E-state index < -0.39 is 0 Å². The van der Waals surface area contributed by atoms with Crippen molar-refractivity contribution in [2.75, 3.05) is 14.2 Å². The molecule has 0 fully saturated rings. The molecule has 0 aromatic heterocycles. The minimum Gasteiger partial charge on any atom is -0.495 e. The van der Waals surface area contributed by atoms with E-state index in [1.165, 1.54) is 11.1 Å². The normalized spacial score (nSPS) is 11.1. The molecule has 2 nitrogen and oxygen atoms in total. The summed E-state index contributed by atoms with van der Waals surface area (Å²) in [4.78, 5) is 0. The van der Waals surface area contributed by atoms with Gasteiger partial charge in [0.25, 0.3) is 0 Å². The number of rotatable bonds is 4. The Morgan fingerprint density at radius 2 is 1.09 bits per heavy atom. The van der Waals surface area contributed by atoms with Crippen LogP contribution in [0.2, 0.25) is 0 Å². The second-order valence-corrected chi connectivity index (χ2v) is 5.49. The van der Waals surface area contributed by atoms with E-state index in [-0.39, 0.29) is 0 Å². The van der Waals surface area contributed by atoms with Gasteiger partial charge in [-0.25, -0.2) is 0 Å². The lowest BCUT2D eigenvalue weighted by atomic mass is 9.94. The van der Waals surface area contributed by atoms with E-state index >= 15 is 0 Å². The van der Waals surface area contributed by atoms with Gasteiger partial charge in [-0.2, -0.15) is 0 Å². The molecule has 0 radical (unpaired) electrons. The second kappa shape index (κ2) is 5.88. The highest BCUT2D eigenvalue weighted by Crippen LogP contribution is 2.43. The summed E-state index contributed by atoms with van der Waals surface area (Å²) in [6, 6.07) is 12.8. The Morgan fingerprint density at radius 3 is 1.41 bits per heavy atom. The number of aryl methyl sites for hydroxylation is 2. The first-order valence-electron chi connectivity index (χ1n) is 7.83. The van der Waals surface area contributed by atoms with Crippen LogP contribution in [-0.2, 0) is 12.8 Å². The third kappa shape index (κ3) is 2.10. The summed E-state index contributed by atoms with van der Waals surface area (Å²) in [5.74, 6) is 1.87. The van der Waals surface area contributed by atoms with Gasteiger partial charge in [-0.3, -0.25) is 0 Å². The zero-order chi connectivity index (χ0) is 15.7. The topological polar surface area (TPSA) is 18.5 Å². The molecule has 3 aromatic carbocycles. The lowest BCUT2D eigenvalue weighted by Gasteiger charge is -2.17. The lowest BCUT2D eigenvalue weighted by molar-refractivity contribution is 0.417. The average molecular weight is 294 g/mol. The maximum atomic E-state index is 5.76. The maximum absolute atomic E-state index is 5.76. The monoisotopic (exact) mass is 294 g/mol. The van der Waals surface area contributed by atoms with E-state index in [0.717, 1.165) is 45.9 Å². The van der Waals surface area contributed by atoms with Gasteiger partial charge in [-0.1, -0.05) is 38.1 Å². The van der Waals surface area contributed by atoms with Crippen LogP contribution in [0, 0.1) is 0 Å². The molecule has 0 amide bonds. The first kappa shape index (κ1) is 14.7. The molecule has 22 heavy (non-hydrogen) atoms. The summed E-state index contributed by atoms with van der Waals surface area (Å²) in [5.41, 5.74) is 2.76. The predicted molar refractivity (Wildman–Crippen MR) is 93.3 cm³/mol. The van der Waals surface area contributed by atoms with Crippen LogP contribution in [0.25, 0.3) is 21.5 Å². The van der Waals surface area contributed by atoms with Gasteiger partial charge in [0.2, 0.25) is 0 Å². The van der Waals surface area contributed by atoms with E-state index in [2.05, 4.69) is 38.1 Å². The zero-order valence-corrected chi connectivity index (χ0v) is 13.7. The molecule has 3 aromatic rings. The van der Waals surface area contributed by atoms with Crippen molar-refractivity contribution in [3.05, 3.63) is 47.5 Å². The standard InChI is InChI=1S/C20H22O2/c1-5-13-11-17-18(12-14(13)6-2)20(22-4)16-10-8-7-9-15(16)19(17)21-3/h7-12H,5-6H2,1-4H3. The molecule has 0 heterocycles. The smallest absolute Gasteiger partial charge is 0.134 e. The maximum Gasteiger partial charge on any atom is 0.134 e. The van der Waals surface area contributed by atoms with Gasteiger partial charge in [0.05, 0.1) is 14.2 Å². The van der Waals surface area contributed by atoms with Crippen LogP contribution in [-0.4, -0.2) is 14.2 Å². The van der Waals surface area contributed by atoms with Crippen molar-refractivity contribution in [2.24, 2.45) is 0 Å². The molecule has 0 spiro atoms. The first-order valence-corrected chi connectivity index (χ1v) is 7.83. The van der Waals surface area contributed by atoms with E-state index in [0.29, 0.717) is 0 Å². The Morgan fingerprint density at radius 1 is 0.682 bits per heavy atom. The van der Waals surface area contributed by atoms with E-state index in [1.54, 1.807) is 14.2 Å². The van der Waals surface area contributed by atoms with E-state index in [9.17, 15) is 0 Å². The molecule has 0 bridgehead atoms. The molecule has 0 aliphatic rings. The second-order valence-electron chi connectivity index (χ2n) is 5.49. The SMILES string of the molecule is CCc1cc2c(OC)c3ccccc3c(OC)c2cc1CC. The Bertz CT molecular complexity index is 764. The van der Waals surface area contributed by atoms with Gasteiger partial charge >= 0.3 is 0 Å². The highest BCUT2D eigenvalue weighted by molar-refractivity contribution is 6.11. The summed E-state index contributed by atoms with van der Waals surface area (Å²) in [6.45, 7) is 4.40. The minimum atomic E-state index is 0.934.